The first-order valence-corrected chi connectivity index (χ1v) is 6.84. The maximum Gasteiger partial charge on any atom is 0.319 e. The Kier molecular flexibility index (Phi) is 3.14. The van der Waals surface area contributed by atoms with Gasteiger partial charge in [0.2, 0.25) is 0 Å². The van der Waals surface area contributed by atoms with Gasteiger partial charge in [0.25, 0.3) is 5.91 Å². The van der Waals surface area contributed by atoms with Gasteiger partial charge in [-0.25, -0.2) is 4.79 Å². The average molecular weight is 292 g/mol. The number of benzene rings is 1. The molecule has 0 aliphatic carbocycles. The molecule has 104 valence electrons. The van der Waals surface area contributed by atoms with Gasteiger partial charge < -0.3 is 15.5 Å². The van der Waals surface area contributed by atoms with Crippen molar-refractivity contribution in [2.75, 3.05) is 13.1 Å². The van der Waals surface area contributed by atoms with Crippen LogP contribution in [0.15, 0.2) is 35.5 Å². The third-order valence-electron chi connectivity index (χ3n) is 3.62. The summed E-state index contributed by atoms with van der Waals surface area (Å²) in [6, 6.07) is 6.44. The standard InChI is InChI=1S/C14H14ClN3O2/c1-2-18-7-10-11(13(18)19)12(17-14(20)16-10)8-5-3-4-6-9(8)15/h3-6,12H,2,7H2,1H3,(H2,16,17,20)/t12-/m1/s1. The third-order valence-corrected chi connectivity index (χ3v) is 3.96. The van der Waals surface area contributed by atoms with E-state index in [2.05, 4.69) is 10.6 Å². The van der Waals surface area contributed by atoms with Crippen LogP contribution < -0.4 is 10.6 Å². The second-order valence-electron chi connectivity index (χ2n) is 4.76. The maximum absolute atomic E-state index is 12.4. The van der Waals surface area contributed by atoms with Gasteiger partial charge in [0.05, 0.1) is 23.9 Å². The summed E-state index contributed by atoms with van der Waals surface area (Å²) >= 11 is 6.19. The molecule has 0 fully saturated rings. The molecule has 3 rings (SSSR count). The van der Waals surface area contributed by atoms with Crippen LogP contribution in [0.5, 0.6) is 0 Å². The zero-order valence-corrected chi connectivity index (χ0v) is 11.7. The van der Waals surface area contributed by atoms with Crippen molar-refractivity contribution in [3.05, 3.63) is 46.1 Å². The zero-order chi connectivity index (χ0) is 14.3. The summed E-state index contributed by atoms with van der Waals surface area (Å²) in [5.41, 5.74) is 1.99. The summed E-state index contributed by atoms with van der Waals surface area (Å²) in [5, 5.41) is 6.03. The fourth-order valence-electron chi connectivity index (χ4n) is 2.63. The van der Waals surface area contributed by atoms with Crippen molar-refractivity contribution < 1.29 is 9.59 Å². The molecule has 0 bridgehead atoms. The molecule has 0 radical (unpaired) electrons. The molecule has 6 heteroatoms. The lowest BCUT2D eigenvalue weighted by molar-refractivity contribution is -0.125. The summed E-state index contributed by atoms with van der Waals surface area (Å²) in [6.07, 6.45) is 0. The first-order chi connectivity index (χ1) is 9.61. The van der Waals surface area contributed by atoms with Crippen molar-refractivity contribution in [3.63, 3.8) is 0 Å². The fourth-order valence-corrected chi connectivity index (χ4v) is 2.87. The molecule has 0 saturated carbocycles. The van der Waals surface area contributed by atoms with Crippen molar-refractivity contribution in [1.29, 1.82) is 0 Å². The van der Waals surface area contributed by atoms with Gasteiger partial charge in [-0.15, -0.1) is 0 Å². The molecule has 2 heterocycles. The largest absolute Gasteiger partial charge is 0.333 e. The van der Waals surface area contributed by atoms with Crippen LogP contribution in [0.3, 0.4) is 0 Å². The molecule has 1 aromatic rings. The van der Waals surface area contributed by atoms with E-state index in [1.54, 1.807) is 11.0 Å². The number of amides is 3. The maximum atomic E-state index is 12.4. The van der Waals surface area contributed by atoms with Crippen molar-refractivity contribution in [2.45, 2.75) is 13.0 Å². The number of likely N-dealkylation sites (N-methyl/N-ethyl adjacent to an activating group) is 1. The molecule has 3 amide bonds. The Morgan fingerprint density at radius 2 is 2.10 bits per heavy atom. The van der Waals surface area contributed by atoms with Crippen LogP contribution in [0.1, 0.15) is 18.5 Å². The predicted molar refractivity (Wildman–Crippen MR) is 75.1 cm³/mol. The van der Waals surface area contributed by atoms with Crippen LogP contribution >= 0.6 is 11.6 Å². The highest BCUT2D eigenvalue weighted by molar-refractivity contribution is 6.31. The Balaban J connectivity index is 2.07. The molecular weight excluding hydrogens is 278 g/mol. The van der Waals surface area contributed by atoms with E-state index >= 15 is 0 Å². The second-order valence-corrected chi connectivity index (χ2v) is 5.17. The van der Waals surface area contributed by atoms with Gasteiger partial charge in [-0.1, -0.05) is 29.8 Å². The molecule has 0 unspecified atom stereocenters. The minimum absolute atomic E-state index is 0.0556. The summed E-state index contributed by atoms with van der Waals surface area (Å²) in [5.74, 6) is -0.0556. The number of carbonyl (C=O) groups excluding carboxylic acids is 2. The molecule has 2 aliphatic rings. The molecule has 2 N–H and O–H groups in total. The van der Waals surface area contributed by atoms with Gasteiger partial charge in [0.1, 0.15) is 0 Å². The van der Waals surface area contributed by atoms with Crippen LogP contribution in [-0.4, -0.2) is 29.9 Å². The van der Waals surface area contributed by atoms with E-state index in [4.69, 9.17) is 11.6 Å². The van der Waals surface area contributed by atoms with Gasteiger partial charge >= 0.3 is 6.03 Å². The van der Waals surface area contributed by atoms with Crippen LogP contribution in [0.4, 0.5) is 4.79 Å². The van der Waals surface area contributed by atoms with Crippen LogP contribution in [0, 0.1) is 0 Å². The monoisotopic (exact) mass is 291 g/mol. The Morgan fingerprint density at radius 1 is 1.35 bits per heavy atom. The van der Waals surface area contributed by atoms with Gasteiger partial charge in [-0.05, 0) is 18.6 Å². The number of nitrogens with zero attached hydrogens (tertiary/aromatic N) is 1. The average Bonchev–Trinajstić information content (AvgIpc) is 2.75. The lowest BCUT2D eigenvalue weighted by Gasteiger charge is -2.26. The van der Waals surface area contributed by atoms with Gasteiger partial charge in [-0.3, -0.25) is 4.79 Å². The number of hydrogen-bond acceptors (Lipinski definition) is 2. The van der Waals surface area contributed by atoms with Gasteiger partial charge in [0.15, 0.2) is 0 Å². The van der Waals surface area contributed by atoms with E-state index in [-0.39, 0.29) is 11.9 Å². The van der Waals surface area contributed by atoms with Crippen molar-refractivity contribution >= 4 is 23.5 Å². The number of hydrogen-bond donors (Lipinski definition) is 2. The number of urea groups is 1. The van der Waals surface area contributed by atoms with Gasteiger partial charge in [0, 0.05) is 11.6 Å². The topological polar surface area (TPSA) is 61.4 Å². The van der Waals surface area contributed by atoms with Gasteiger partial charge in [-0.2, -0.15) is 0 Å². The first kappa shape index (κ1) is 13.0. The zero-order valence-electron chi connectivity index (χ0n) is 10.9. The molecule has 0 aromatic heterocycles. The number of carbonyl (C=O) groups is 2. The normalized spacial score (nSPS) is 21.7. The molecular formula is C14H14ClN3O2. The highest BCUT2D eigenvalue weighted by Crippen LogP contribution is 2.35. The molecule has 2 aliphatic heterocycles. The molecule has 0 saturated heterocycles. The Bertz CT molecular complexity index is 627. The van der Waals surface area contributed by atoms with Crippen LogP contribution in [0.25, 0.3) is 0 Å². The summed E-state index contributed by atoms with van der Waals surface area (Å²) < 4.78 is 0. The number of rotatable bonds is 2. The predicted octanol–water partition coefficient (Wildman–Crippen LogP) is 1.81. The molecule has 1 atom stereocenters. The van der Waals surface area contributed by atoms with E-state index in [0.29, 0.717) is 29.4 Å². The van der Waals surface area contributed by atoms with E-state index in [9.17, 15) is 9.59 Å². The van der Waals surface area contributed by atoms with E-state index < -0.39 is 6.04 Å². The minimum atomic E-state index is -0.489. The number of nitrogens with one attached hydrogen (secondary N) is 2. The molecule has 20 heavy (non-hydrogen) atoms. The Hall–Kier alpha value is -2.01. The van der Waals surface area contributed by atoms with Crippen molar-refractivity contribution in [1.82, 2.24) is 15.5 Å². The summed E-state index contributed by atoms with van der Waals surface area (Å²) in [7, 11) is 0. The quantitative estimate of drug-likeness (QED) is 0.873. The van der Waals surface area contributed by atoms with Crippen LogP contribution in [0.2, 0.25) is 5.02 Å². The number of halogens is 1. The molecule has 5 nitrogen and oxygen atoms in total. The van der Waals surface area contributed by atoms with Crippen LogP contribution in [-0.2, 0) is 4.79 Å². The van der Waals surface area contributed by atoms with E-state index in [0.717, 1.165) is 5.56 Å². The summed E-state index contributed by atoms with van der Waals surface area (Å²) in [6.45, 7) is 2.96. The smallest absolute Gasteiger partial charge is 0.319 e. The summed E-state index contributed by atoms with van der Waals surface area (Å²) in [4.78, 5) is 25.9. The lowest BCUT2D eigenvalue weighted by atomic mass is 9.96. The van der Waals surface area contributed by atoms with E-state index in [1.807, 2.05) is 25.1 Å². The minimum Gasteiger partial charge on any atom is -0.333 e. The highest BCUT2D eigenvalue weighted by Gasteiger charge is 2.40. The Morgan fingerprint density at radius 3 is 2.80 bits per heavy atom. The van der Waals surface area contributed by atoms with Crippen molar-refractivity contribution in [2.24, 2.45) is 0 Å². The van der Waals surface area contributed by atoms with E-state index in [1.165, 1.54) is 0 Å². The first-order valence-electron chi connectivity index (χ1n) is 6.46. The fraction of sp³-hybridized carbons (Fsp3) is 0.286. The Labute approximate surface area is 121 Å². The highest BCUT2D eigenvalue weighted by atomic mass is 35.5. The van der Waals surface area contributed by atoms with Crippen molar-refractivity contribution in [3.8, 4) is 0 Å². The molecule has 0 spiro atoms. The SMILES string of the molecule is CCN1CC2=C(C1=O)[C@@H](c1ccccc1Cl)NC(=O)N2. The third kappa shape index (κ3) is 1.94. The lowest BCUT2D eigenvalue weighted by Crippen LogP contribution is -2.44. The second kappa shape index (κ2) is 4.83. The molecule has 1 aromatic carbocycles.